The number of halogens is 2. The zero-order chi connectivity index (χ0) is 17.5. The first-order valence-corrected chi connectivity index (χ1v) is 9.20. The topological polar surface area (TPSA) is 38.8 Å². The molecule has 1 spiro atoms. The SMILES string of the molecule is CC(C)(C)OC(=O)N1CCC2(C=Cc3cc(Br)cc(Cl)c3O2)CC1. The largest absolute Gasteiger partial charge is 0.481 e. The van der Waals surface area contributed by atoms with Crippen LogP contribution in [0, 0.1) is 0 Å². The van der Waals surface area contributed by atoms with Crippen LogP contribution in [0.2, 0.25) is 5.02 Å². The van der Waals surface area contributed by atoms with Crippen molar-refractivity contribution in [1.82, 2.24) is 4.90 Å². The Hall–Kier alpha value is -1.20. The quantitative estimate of drug-likeness (QED) is 0.580. The van der Waals surface area contributed by atoms with Gasteiger partial charge < -0.3 is 14.4 Å². The van der Waals surface area contributed by atoms with Crippen LogP contribution in [0.4, 0.5) is 4.79 Å². The Morgan fingerprint density at radius 2 is 2.00 bits per heavy atom. The standard InChI is InChI=1S/C18H21BrClNO3/c1-17(2,3)24-16(22)21-8-6-18(7-9-21)5-4-12-10-13(19)11-14(20)15(12)23-18/h4-5,10-11H,6-9H2,1-3H3. The van der Waals surface area contributed by atoms with Crippen LogP contribution < -0.4 is 4.74 Å². The first-order chi connectivity index (χ1) is 11.2. The average Bonchev–Trinajstić information content (AvgIpc) is 2.47. The number of fused-ring (bicyclic) bond motifs is 1. The first kappa shape index (κ1) is 17.6. The number of piperidine rings is 1. The lowest BCUT2D eigenvalue weighted by molar-refractivity contribution is -0.000999. The highest BCUT2D eigenvalue weighted by atomic mass is 79.9. The third-order valence-electron chi connectivity index (χ3n) is 4.17. The number of rotatable bonds is 0. The Kier molecular flexibility index (Phi) is 4.60. The fourth-order valence-electron chi connectivity index (χ4n) is 2.95. The van der Waals surface area contributed by atoms with Crippen molar-refractivity contribution in [2.75, 3.05) is 13.1 Å². The zero-order valence-electron chi connectivity index (χ0n) is 14.1. The minimum absolute atomic E-state index is 0.264. The van der Waals surface area contributed by atoms with E-state index in [-0.39, 0.29) is 6.09 Å². The predicted molar refractivity (Wildman–Crippen MR) is 98.6 cm³/mol. The normalized spacial score (nSPS) is 19.0. The van der Waals surface area contributed by atoms with E-state index in [4.69, 9.17) is 21.1 Å². The molecule has 0 aromatic heterocycles. The lowest BCUT2D eigenvalue weighted by Crippen LogP contribution is -2.50. The Balaban J connectivity index is 1.70. The first-order valence-electron chi connectivity index (χ1n) is 8.03. The van der Waals surface area contributed by atoms with Crippen molar-refractivity contribution in [2.24, 2.45) is 0 Å². The van der Waals surface area contributed by atoms with Gasteiger partial charge in [0.05, 0.1) is 5.02 Å². The second-order valence-electron chi connectivity index (χ2n) is 7.27. The fourth-order valence-corrected chi connectivity index (χ4v) is 3.83. The number of likely N-dealkylation sites (tertiary alicyclic amines) is 1. The average molecular weight is 415 g/mol. The molecule has 2 heterocycles. The summed E-state index contributed by atoms with van der Waals surface area (Å²) in [7, 11) is 0. The number of hydrogen-bond acceptors (Lipinski definition) is 3. The molecule has 0 atom stereocenters. The van der Waals surface area contributed by atoms with Crippen molar-refractivity contribution < 1.29 is 14.3 Å². The lowest BCUT2D eigenvalue weighted by atomic mass is 9.88. The number of amides is 1. The van der Waals surface area contributed by atoms with Crippen molar-refractivity contribution >= 4 is 39.7 Å². The summed E-state index contributed by atoms with van der Waals surface area (Å²) in [6.07, 6.45) is 5.31. The number of nitrogens with zero attached hydrogens (tertiary/aromatic N) is 1. The monoisotopic (exact) mass is 413 g/mol. The highest BCUT2D eigenvalue weighted by Crippen LogP contribution is 2.42. The molecule has 0 bridgehead atoms. The number of carbonyl (C=O) groups is 1. The van der Waals surface area contributed by atoms with Crippen molar-refractivity contribution in [3.63, 3.8) is 0 Å². The molecule has 0 radical (unpaired) electrons. The van der Waals surface area contributed by atoms with Crippen LogP contribution in [-0.4, -0.2) is 35.3 Å². The van der Waals surface area contributed by atoms with E-state index < -0.39 is 11.2 Å². The number of hydrogen-bond donors (Lipinski definition) is 0. The van der Waals surface area contributed by atoms with Gasteiger partial charge in [-0.05, 0) is 39.0 Å². The van der Waals surface area contributed by atoms with Crippen LogP contribution >= 0.6 is 27.5 Å². The molecular formula is C18H21BrClNO3. The molecule has 0 unspecified atom stereocenters. The summed E-state index contributed by atoms with van der Waals surface area (Å²) in [5, 5.41) is 0.595. The maximum atomic E-state index is 12.2. The van der Waals surface area contributed by atoms with Crippen LogP contribution in [-0.2, 0) is 4.74 Å². The van der Waals surface area contributed by atoms with Gasteiger partial charge in [-0.15, -0.1) is 0 Å². The highest BCUT2D eigenvalue weighted by Gasteiger charge is 2.39. The van der Waals surface area contributed by atoms with Crippen molar-refractivity contribution in [1.29, 1.82) is 0 Å². The van der Waals surface area contributed by atoms with Gasteiger partial charge in [-0.1, -0.05) is 33.6 Å². The zero-order valence-corrected chi connectivity index (χ0v) is 16.4. The minimum atomic E-state index is -0.479. The van der Waals surface area contributed by atoms with Gasteiger partial charge in [-0.25, -0.2) is 4.79 Å². The molecule has 2 aliphatic heterocycles. The summed E-state index contributed by atoms with van der Waals surface area (Å²) in [5.41, 5.74) is 0.0885. The number of benzene rings is 1. The third kappa shape index (κ3) is 3.72. The van der Waals surface area contributed by atoms with E-state index >= 15 is 0 Å². The molecular weight excluding hydrogens is 394 g/mol. The summed E-state index contributed by atoms with van der Waals surface area (Å²) in [6, 6.07) is 3.82. The molecule has 130 valence electrons. The van der Waals surface area contributed by atoms with Crippen molar-refractivity contribution in [3.05, 3.63) is 33.3 Å². The molecule has 0 aliphatic carbocycles. The summed E-state index contributed by atoms with van der Waals surface area (Å²) in [5.74, 6) is 0.716. The van der Waals surface area contributed by atoms with E-state index in [1.54, 1.807) is 4.90 Å². The van der Waals surface area contributed by atoms with Crippen LogP contribution in [0.15, 0.2) is 22.7 Å². The van der Waals surface area contributed by atoms with E-state index in [0.29, 0.717) is 36.7 Å². The maximum absolute atomic E-state index is 12.2. The highest BCUT2D eigenvalue weighted by molar-refractivity contribution is 9.10. The van der Waals surface area contributed by atoms with Crippen LogP contribution in [0.5, 0.6) is 5.75 Å². The molecule has 3 rings (SSSR count). The second kappa shape index (κ2) is 6.26. The lowest BCUT2D eigenvalue weighted by Gasteiger charge is -2.42. The Morgan fingerprint density at radius 3 is 2.62 bits per heavy atom. The molecule has 6 heteroatoms. The van der Waals surface area contributed by atoms with Gasteiger partial charge in [0, 0.05) is 36.0 Å². The van der Waals surface area contributed by atoms with Gasteiger partial charge in [-0.3, -0.25) is 0 Å². The molecule has 1 fully saturated rings. The molecule has 1 amide bonds. The van der Waals surface area contributed by atoms with Crippen LogP contribution in [0.1, 0.15) is 39.2 Å². The van der Waals surface area contributed by atoms with Gasteiger partial charge in [0.2, 0.25) is 0 Å². The van der Waals surface area contributed by atoms with Gasteiger partial charge in [0.1, 0.15) is 17.0 Å². The summed E-state index contributed by atoms with van der Waals surface area (Å²) >= 11 is 9.77. The molecule has 1 saturated heterocycles. The number of carbonyl (C=O) groups excluding carboxylic acids is 1. The Labute approximate surface area is 155 Å². The molecule has 1 aromatic rings. The molecule has 0 N–H and O–H groups in total. The van der Waals surface area contributed by atoms with Crippen LogP contribution in [0.25, 0.3) is 6.08 Å². The molecule has 1 aromatic carbocycles. The minimum Gasteiger partial charge on any atom is -0.481 e. The predicted octanol–water partition coefficient (Wildman–Crippen LogP) is 5.28. The van der Waals surface area contributed by atoms with Gasteiger partial charge >= 0.3 is 6.09 Å². The third-order valence-corrected chi connectivity index (χ3v) is 4.91. The molecule has 2 aliphatic rings. The summed E-state index contributed by atoms with van der Waals surface area (Å²) in [6.45, 7) is 6.83. The van der Waals surface area contributed by atoms with Gasteiger partial charge in [-0.2, -0.15) is 0 Å². The smallest absolute Gasteiger partial charge is 0.410 e. The van der Waals surface area contributed by atoms with Crippen molar-refractivity contribution in [3.8, 4) is 5.75 Å². The Bertz CT molecular complexity index is 688. The Morgan fingerprint density at radius 1 is 1.33 bits per heavy atom. The van der Waals surface area contributed by atoms with Crippen LogP contribution in [0.3, 0.4) is 0 Å². The summed E-state index contributed by atoms with van der Waals surface area (Å²) in [4.78, 5) is 13.9. The van der Waals surface area contributed by atoms with Gasteiger partial charge in [0.15, 0.2) is 0 Å². The van der Waals surface area contributed by atoms with E-state index in [9.17, 15) is 4.79 Å². The fraction of sp³-hybridized carbons (Fsp3) is 0.500. The molecule has 0 saturated carbocycles. The van der Waals surface area contributed by atoms with E-state index in [1.807, 2.05) is 32.9 Å². The van der Waals surface area contributed by atoms with E-state index in [2.05, 4.69) is 28.1 Å². The van der Waals surface area contributed by atoms with Crippen molar-refractivity contribution in [2.45, 2.75) is 44.8 Å². The molecule has 24 heavy (non-hydrogen) atoms. The summed E-state index contributed by atoms with van der Waals surface area (Å²) < 4.78 is 12.6. The van der Waals surface area contributed by atoms with E-state index in [0.717, 1.165) is 10.0 Å². The molecule has 4 nitrogen and oxygen atoms in total. The number of ether oxygens (including phenoxy) is 2. The van der Waals surface area contributed by atoms with Gasteiger partial charge in [0.25, 0.3) is 0 Å². The van der Waals surface area contributed by atoms with E-state index in [1.165, 1.54) is 0 Å². The maximum Gasteiger partial charge on any atom is 0.410 e. The second-order valence-corrected chi connectivity index (χ2v) is 8.60.